The van der Waals surface area contributed by atoms with Crippen LogP contribution in [-0.2, 0) is 14.2 Å². The van der Waals surface area contributed by atoms with E-state index in [1.54, 1.807) is 6.92 Å². The zero-order valence-electron chi connectivity index (χ0n) is 17.8. The van der Waals surface area contributed by atoms with Crippen LogP contribution in [0.5, 0.6) is 0 Å². The lowest BCUT2D eigenvalue weighted by Crippen LogP contribution is -2.15. The molecule has 0 bridgehead atoms. The highest BCUT2D eigenvalue weighted by Gasteiger charge is 2.35. The fourth-order valence-electron chi connectivity index (χ4n) is 3.38. The second-order valence-electron chi connectivity index (χ2n) is 6.58. The number of pyridine rings is 1. The Labute approximate surface area is 186 Å². The fraction of sp³-hybridized carbons (Fsp3) is 0.182. The number of nitrogens with zero attached hydrogens (tertiary/aromatic N) is 2. The molecule has 0 atom stereocenters. The number of rotatable bonds is 7. The van der Waals surface area contributed by atoms with Crippen LogP contribution in [-0.4, -0.2) is 53.8 Å². The van der Waals surface area contributed by atoms with Crippen molar-refractivity contribution >= 4 is 34.9 Å². The van der Waals surface area contributed by atoms with Gasteiger partial charge in [0.2, 0.25) is 5.78 Å². The number of hydrogen-bond donors (Lipinski definition) is 0. The van der Waals surface area contributed by atoms with Crippen molar-refractivity contribution in [2.75, 3.05) is 20.8 Å². The van der Waals surface area contributed by atoms with Gasteiger partial charge in [0, 0.05) is 23.9 Å². The number of ether oxygens (including phenoxy) is 3. The Balaban J connectivity index is 2.40. The number of methoxy groups -OCH3 is 2. The van der Waals surface area contributed by atoms with Crippen molar-refractivity contribution in [2.24, 2.45) is 0 Å². The molecule has 0 radical (unpaired) electrons. The number of benzene rings is 1. The SMILES string of the molecule is CCOC(=O)c1cccn2c(C(=O)c3ccc([N+](=O)[O-])cc3)c(C(=O)OC)c(C(=O)OC)c12. The smallest absolute Gasteiger partial charge is 0.341 e. The van der Waals surface area contributed by atoms with E-state index in [4.69, 9.17) is 14.2 Å². The summed E-state index contributed by atoms with van der Waals surface area (Å²) in [7, 11) is 2.15. The van der Waals surface area contributed by atoms with Crippen molar-refractivity contribution in [1.82, 2.24) is 4.40 Å². The summed E-state index contributed by atoms with van der Waals surface area (Å²) in [5.41, 5.74) is -1.43. The monoisotopic (exact) mass is 454 g/mol. The third kappa shape index (κ3) is 4.03. The quantitative estimate of drug-likeness (QED) is 0.173. The van der Waals surface area contributed by atoms with E-state index in [9.17, 15) is 29.3 Å². The standard InChI is InChI=1S/C22H18N2O9/c1-4-33-20(26)14-6-5-11-23-17(14)15(21(27)31-2)16(22(28)32-3)18(23)19(25)12-7-9-13(10-8-12)24(29)30/h5-11H,4H2,1-3H3. The number of nitro groups is 1. The Morgan fingerprint density at radius 2 is 1.55 bits per heavy atom. The Kier molecular flexibility index (Phi) is 6.52. The lowest BCUT2D eigenvalue weighted by molar-refractivity contribution is -0.384. The van der Waals surface area contributed by atoms with Crippen LogP contribution >= 0.6 is 0 Å². The van der Waals surface area contributed by atoms with Gasteiger partial charge in [-0.1, -0.05) is 0 Å². The number of hydrogen-bond acceptors (Lipinski definition) is 9. The molecule has 3 aromatic rings. The van der Waals surface area contributed by atoms with Crippen molar-refractivity contribution in [2.45, 2.75) is 6.92 Å². The summed E-state index contributed by atoms with van der Waals surface area (Å²) >= 11 is 0. The Bertz CT molecular complexity index is 1290. The Morgan fingerprint density at radius 3 is 2.09 bits per heavy atom. The molecule has 2 aromatic heterocycles. The molecule has 0 unspecified atom stereocenters. The molecule has 2 heterocycles. The molecule has 0 amide bonds. The van der Waals surface area contributed by atoms with Crippen LogP contribution in [0.1, 0.15) is 54.0 Å². The first-order chi connectivity index (χ1) is 15.8. The maximum Gasteiger partial charge on any atom is 0.341 e. The van der Waals surface area contributed by atoms with E-state index in [1.807, 2.05) is 0 Å². The molecule has 0 aliphatic heterocycles. The van der Waals surface area contributed by atoms with Crippen LogP contribution in [0.25, 0.3) is 5.52 Å². The van der Waals surface area contributed by atoms with Gasteiger partial charge in [0.25, 0.3) is 5.69 Å². The number of ketones is 1. The molecule has 11 heteroatoms. The van der Waals surface area contributed by atoms with Gasteiger partial charge < -0.3 is 18.6 Å². The third-order valence-electron chi connectivity index (χ3n) is 4.79. The zero-order chi connectivity index (χ0) is 24.3. The highest BCUT2D eigenvalue weighted by Crippen LogP contribution is 2.31. The molecule has 170 valence electrons. The summed E-state index contributed by atoms with van der Waals surface area (Å²) in [6.45, 7) is 1.65. The van der Waals surface area contributed by atoms with Gasteiger partial charge in [-0.2, -0.15) is 0 Å². The molecule has 1 aromatic carbocycles. The van der Waals surface area contributed by atoms with Crippen LogP contribution in [0.3, 0.4) is 0 Å². The molecule has 11 nitrogen and oxygen atoms in total. The van der Waals surface area contributed by atoms with Crippen molar-refractivity contribution in [3.05, 3.63) is 80.7 Å². The molecule has 0 fully saturated rings. The molecule has 3 rings (SSSR count). The maximum atomic E-state index is 13.4. The van der Waals surface area contributed by atoms with Crippen molar-refractivity contribution in [3.63, 3.8) is 0 Å². The Hall–Kier alpha value is -4.54. The van der Waals surface area contributed by atoms with Crippen LogP contribution < -0.4 is 0 Å². The van der Waals surface area contributed by atoms with Crippen LogP contribution in [0.4, 0.5) is 5.69 Å². The lowest BCUT2D eigenvalue weighted by atomic mass is 10.0. The van der Waals surface area contributed by atoms with E-state index in [-0.39, 0.29) is 40.2 Å². The number of non-ortho nitro benzene ring substituents is 1. The topological polar surface area (TPSA) is 144 Å². The van der Waals surface area contributed by atoms with E-state index in [1.165, 1.54) is 34.9 Å². The average molecular weight is 454 g/mol. The van der Waals surface area contributed by atoms with Gasteiger partial charge in [-0.25, -0.2) is 14.4 Å². The summed E-state index contributed by atoms with van der Waals surface area (Å²) in [5, 5.41) is 10.9. The third-order valence-corrected chi connectivity index (χ3v) is 4.79. The Morgan fingerprint density at radius 1 is 0.939 bits per heavy atom. The predicted molar refractivity (Wildman–Crippen MR) is 113 cm³/mol. The first kappa shape index (κ1) is 23.1. The molecular formula is C22H18N2O9. The fourth-order valence-corrected chi connectivity index (χ4v) is 3.38. The van der Waals surface area contributed by atoms with Gasteiger partial charge >= 0.3 is 17.9 Å². The van der Waals surface area contributed by atoms with Crippen molar-refractivity contribution < 1.29 is 38.3 Å². The minimum Gasteiger partial charge on any atom is -0.465 e. The molecule has 0 N–H and O–H groups in total. The molecule has 0 saturated carbocycles. The maximum absolute atomic E-state index is 13.4. The minimum absolute atomic E-state index is 0.00288. The van der Waals surface area contributed by atoms with Gasteiger partial charge in [0.1, 0.15) is 16.8 Å². The number of aromatic nitrogens is 1. The molecule has 0 saturated heterocycles. The average Bonchev–Trinajstić information content (AvgIpc) is 3.18. The molecular weight excluding hydrogens is 436 g/mol. The van der Waals surface area contributed by atoms with Gasteiger partial charge in [-0.15, -0.1) is 0 Å². The van der Waals surface area contributed by atoms with Crippen LogP contribution in [0, 0.1) is 10.1 Å². The molecule has 0 aliphatic rings. The lowest BCUT2D eigenvalue weighted by Gasteiger charge is -2.07. The highest BCUT2D eigenvalue weighted by molar-refractivity contribution is 6.21. The first-order valence-corrected chi connectivity index (χ1v) is 9.56. The number of carbonyl (C=O) groups is 4. The number of esters is 3. The second-order valence-corrected chi connectivity index (χ2v) is 6.58. The second kappa shape index (κ2) is 9.30. The number of nitro benzene ring substituents is 1. The first-order valence-electron chi connectivity index (χ1n) is 9.56. The molecule has 0 aliphatic carbocycles. The number of fused-ring (bicyclic) bond motifs is 1. The molecule has 33 heavy (non-hydrogen) atoms. The van der Waals surface area contributed by atoms with Gasteiger partial charge in [0.15, 0.2) is 0 Å². The van der Waals surface area contributed by atoms with E-state index in [2.05, 4.69) is 0 Å². The number of carbonyl (C=O) groups excluding carboxylic acids is 4. The van der Waals surface area contributed by atoms with E-state index < -0.39 is 34.2 Å². The zero-order valence-corrected chi connectivity index (χ0v) is 17.8. The summed E-state index contributed by atoms with van der Waals surface area (Å²) < 4.78 is 15.9. The summed E-state index contributed by atoms with van der Waals surface area (Å²) in [6, 6.07) is 7.51. The van der Waals surface area contributed by atoms with E-state index in [0.29, 0.717) is 0 Å². The van der Waals surface area contributed by atoms with Gasteiger partial charge in [-0.3, -0.25) is 14.9 Å². The largest absolute Gasteiger partial charge is 0.465 e. The van der Waals surface area contributed by atoms with Crippen molar-refractivity contribution in [3.8, 4) is 0 Å². The van der Waals surface area contributed by atoms with E-state index >= 15 is 0 Å². The van der Waals surface area contributed by atoms with Crippen molar-refractivity contribution in [1.29, 1.82) is 0 Å². The van der Waals surface area contributed by atoms with E-state index in [0.717, 1.165) is 26.4 Å². The van der Waals surface area contributed by atoms with Gasteiger partial charge in [0.05, 0.1) is 36.8 Å². The summed E-state index contributed by atoms with van der Waals surface area (Å²) in [4.78, 5) is 61.8. The molecule has 0 spiro atoms. The summed E-state index contributed by atoms with van der Waals surface area (Å²) in [6.07, 6.45) is 1.38. The normalized spacial score (nSPS) is 10.5. The predicted octanol–water partition coefficient (Wildman–Crippen LogP) is 2.83. The van der Waals surface area contributed by atoms with Gasteiger partial charge in [-0.05, 0) is 31.2 Å². The highest BCUT2D eigenvalue weighted by atomic mass is 16.6. The van der Waals surface area contributed by atoms with Crippen LogP contribution in [0.15, 0.2) is 42.6 Å². The minimum atomic E-state index is -1.01. The summed E-state index contributed by atoms with van der Waals surface area (Å²) in [5.74, 6) is -3.51. The van der Waals surface area contributed by atoms with Crippen LogP contribution in [0.2, 0.25) is 0 Å².